The maximum absolute atomic E-state index is 13.3. The zero-order chi connectivity index (χ0) is 21.7. The third-order valence-electron chi connectivity index (χ3n) is 5.15. The number of rotatable bonds is 8. The molecule has 2 amide bonds. The number of fused-ring (bicyclic) bond motifs is 1. The van der Waals surface area contributed by atoms with Crippen LogP contribution in [0.4, 0.5) is 0 Å². The minimum Gasteiger partial charge on any atom is -0.490 e. The Morgan fingerprint density at radius 2 is 1.80 bits per heavy atom. The van der Waals surface area contributed by atoms with E-state index in [-0.39, 0.29) is 23.5 Å². The second kappa shape index (κ2) is 9.69. The summed E-state index contributed by atoms with van der Waals surface area (Å²) in [5.74, 6) is 1.09. The molecule has 1 aromatic heterocycles. The minimum atomic E-state index is -0.627. The molecule has 0 aliphatic carbocycles. The lowest BCUT2D eigenvalue weighted by molar-refractivity contribution is -0.135. The zero-order valence-corrected chi connectivity index (χ0v) is 18.1. The van der Waals surface area contributed by atoms with Gasteiger partial charge in [0, 0.05) is 13.1 Å². The number of hydrogen-bond acceptors (Lipinski definition) is 5. The predicted octanol–water partition coefficient (Wildman–Crippen LogP) is 3.42. The summed E-state index contributed by atoms with van der Waals surface area (Å²) in [7, 11) is 0. The van der Waals surface area contributed by atoms with Crippen molar-refractivity contribution in [3.63, 3.8) is 0 Å². The monoisotopic (exact) mass is 414 g/mol. The van der Waals surface area contributed by atoms with Gasteiger partial charge in [0.15, 0.2) is 17.3 Å². The summed E-state index contributed by atoms with van der Waals surface area (Å²) in [5.41, 5.74) is 2.20. The number of benzene rings is 1. The maximum atomic E-state index is 13.3. The number of nitrogens with zero attached hydrogens (tertiary/aromatic N) is 1. The van der Waals surface area contributed by atoms with Crippen LogP contribution in [-0.4, -0.2) is 42.5 Å². The molecular formula is C23H30N2O5. The average Bonchev–Trinajstić information content (AvgIpc) is 3.26. The molecule has 1 N–H and O–H groups in total. The molecular weight excluding hydrogens is 384 g/mol. The lowest BCUT2D eigenvalue weighted by Gasteiger charge is -2.33. The average molecular weight is 415 g/mol. The smallest absolute Gasteiger partial charge is 0.287 e. The third-order valence-corrected chi connectivity index (χ3v) is 5.15. The van der Waals surface area contributed by atoms with Crippen LogP contribution in [0, 0.1) is 5.92 Å². The lowest BCUT2D eigenvalue weighted by Crippen LogP contribution is -2.52. The standard InChI is InChI=1S/C23H30N2O5/c1-5-28-19-12-16-9-10-25(14-17(16)13-20(19)29-6-2)23(27)21(15(3)4)24-22(26)18-8-7-11-30-18/h7-8,11-13,15,21H,5-6,9-10,14H2,1-4H3,(H,24,26). The Labute approximate surface area is 177 Å². The molecule has 1 atom stereocenters. The van der Waals surface area contributed by atoms with Gasteiger partial charge in [-0.05, 0) is 61.6 Å². The quantitative estimate of drug-likeness (QED) is 0.716. The molecule has 1 unspecified atom stereocenters. The predicted molar refractivity (Wildman–Crippen MR) is 113 cm³/mol. The highest BCUT2D eigenvalue weighted by Gasteiger charge is 2.32. The first-order valence-electron chi connectivity index (χ1n) is 10.5. The van der Waals surface area contributed by atoms with E-state index in [0.717, 1.165) is 23.3 Å². The number of carbonyl (C=O) groups excluding carboxylic acids is 2. The summed E-state index contributed by atoms with van der Waals surface area (Å²) in [6, 6.07) is 6.59. The molecule has 2 heterocycles. The molecule has 7 heteroatoms. The fourth-order valence-corrected chi connectivity index (χ4v) is 3.62. The van der Waals surface area contributed by atoms with Crippen LogP contribution in [-0.2, 0) is 17.8 Å². The van der Waals surface area contributed by atoms with E-state index in [0.29, 0.717) is 32.1 Å². The Morgan fingerprint density at radius 3 is 2.37 bits per heavy atom. The van der Waals surface area contributed by atoms with E-state index in [1.165, 1.54) is 6.26 Å². The fourth-order valence-electron chi connectivity index (χ4n) is 3.62. The van der Waals surface area contributed by atoms with Crippen LogP contribution in [0.15, 0.2) is 34.9 Å². The van der Waals surface area contributed by atoms with Gasteiger partial charge in [0.25, 0.3) is 5.91 Å². The number of carbonyl (C=O) groups is 2. The minimum absolute atomic E-state index is 0.0582. The summed E-state index contributed by atoms with van der Waals surface area (Å²) in [6.45, 7) is 9.88. The number of amides is 2. The maximum Gasteiger partial charge on any atom is 0.287 e. The molecule has 3 rings (SSSR count). The first-order valence-corrected chi connectivity index (χ1v) is 10.5. The summed E-state index contributed by atoms with van der Waals surface area (Å²) < 4.78 is 16.6. The largest absolute Gasteiger partial charge is 0.490 e. The van der Waals surface area contributed by atoms with Crippen LogP contribution in [0.25, 0.3) is 0 Å². The van der Waals surface area contributed by atoms with E-state index >= 15 is 0 Å². The first kappa shape index (κ1) is 21.7. The van der Waals surface area contributed by atoms with Crippen LogP contribution in [0.5, 0.6) is 11.5 Å². The summed E-state index contributed by atoms with van der Waals surface area (Å²) in [6.07, 6.45) is 2.17. The first-order chi connectivity index (χ1) is 14.4. The van der Waals surface area contributed by atoms with Gasteiger partial charge in [0.05, 0.1) is 19.5 Å². The molecule has 162 valence electrons. The number of furan rings is 1. The van der Waals surface area contributed by atoms with Crippen molar-refractivity contribution >= 4 is 11.8 Å². The molecule has 0 saturated carbocycles. The van der Waals surface area contributed by atoms with Crippen molar-refractivity contribution in [2.24, 2.45) is 5.92 Å². The van der Waals surface area contributed by atoms with Crippen LogP contribution in [0.1, 0.15) is 49.4 Å². The molecule has 30 heavy (non-hydrogen) atoms. The van der Waals surface area contributed by atoms with Gasteiger partial charge in [0.2, 0.25) is 5.91 Å². The van der Waals surface area contributed by atoms with Crippen LogP contribution in [0.2, 0.25) is 0 Å². The third kappa shape index (κ3) is 4.78. The molecule has 1 aliphatic rings. The summed E-state index contributed by atoms with van der Waals surface area (Å²) in [5, 5.41) is 2.83. The Kier molecular flexibility index (Phi) is 7.03. The van der Waals surface area contributed by atoms with Gasteiger partial charge in [-0.15, -0.1) is 0 Å². The van der Waals surface area contributed by atoms with Gasteiger partial charge in [-0.2, -0.15) is 0 Å². The van der Waals surface area contributed by atoms with Crippen molar-refractivity contribution in [3.05, 3.63) is 47.4 Å². The van der Waals surface area contributed by atoms with Crippen molar-refractivity contribution in [2.45, 2.75) is 46.7 Å². The molecule has 0 fully saturated rings. The molecule has 0 saturated heterocycles. The fraction of sp³-hybridized carbons (Fsp3) is 0.478. The molecule has 0 radical (unpaired) electrons. The SMILES string of the molecule is CCOc1cc2c(cc1OCC)CN(C(=O)C(NC(=O)c1ccco1)C(C)C)CC2. The molecule has 2 aromatic rings. The van der Waals surface area contributed by atoms with E-state index in [9.17, 15) is 9.59 Å². The van der Waals surface area contributed by atoms with Gasteiger partial charge in [-0.25, -0.2) is 0 Å². The summed E-state index contributed by atoms with van der Waals surface area (Å²) >= 11 is 0. The van der Waals surface area contributed by atoms with Gasteiger partial charge < -0.3 is 24.1 Å². The van der Waals surface area contributed by atoms with Crippen molar-refractivity contribution in [2.75, 3.05) is 19.8 Å². The Hall–Kier alpha value is -2.96. The highest BCUT2D eigenvalue weighted by atomic mass is 16.5. The van der Waals surface area contributed by atoms with Crippen LogP contribution >= 0.6 is 0 Å². The van der Waals surface area contributed by atoms with Crippen molar-refractivity contribution < 1.29 is 23.5 Å². The van der Waals surface area contributed by atoms with Gasteiger partial charge in [-0.3, -0.25) is 9.59 Å². The topological polar surface area (TPSA) is 81.0 Å². The normalized spacial score (nSPS) is 14.2. The van der Waals surface area contributed by atoms with Crippen molar-refractivity contribution in [3.8, 4) is 11.5 Å². The Balaban J connectivity index is 1.77. The van der Waals surface area contributed by atoms with Crippen molar-refractivity contribution in [1.82, 2.24) is 10.2 Å². The number of hydrogen-bond donors (Lipinski definition) is 1. The van der Waals surface area contributed by atoms with E-state index in [4.69, 9.17) is 13.9 Å². The van der Waals surface area contributed by atoms with E-state index in [1.807, 2.05) is 39.8 Å². The molecule has 0 bridgehead atoms. The van der Waals surface area contributed by atoms with Crippen LogP contribution in [0.3, 0.4) is 0 Å². The van der Waals surface area contributed by atoms with Crippen LogP contribution < -0.4 is 14.8 Å². The van der Waals surface area contributed by atoms with E-state index in [2.05, 4.69) is 5.32 Å². The highest BCUT2D eigenvalue weighted by molar-refractivity contribution is 5.95. The molecule has 0 spiro atoms. The highest BCUT2D eigenvalue weighted by Crippen LogP contribution is 2.34. The number of nitrogens with one attached hydrogen (secondary N) is 1. The van der Waals surface area contributed by atoms with E-state index in [1.54, 1.807) is 17.0 Å². The van der Waals surface area contributed by atoms with Gasteiger partial charge in [0.1, 0.15) is 6.04 Å². The van der Waals surface area contributed by atoms with E-state index < -0.39 is 6.04 Å². The zero-order valence-electron chi connectivity index (χ0n) is 18.1. The van der Waals surface area contributed by atoms with Gasteiger partial charge >= 0.3 is 0 Å². The lowest BCUT2D eigenvalue weighted by atomic mass is 9.96. The second-order valence-electron chi connectivity index (χ2n) is 7.62. The Bertz CT molecular complexity index is 876. The number of ether oxygens (including phenoxy) is 2. The molecule has 7 nitrogen and oxygen atoms in total. The van der Waals surface area contributed by atoms with Crippen molar-refractivity contribution in [1.29, 1.82) is 0 Å². The molecule has 1 aliphatic heterocycles. The molecule has 1 aromatic carbocycles. The Morgan fingerprint density at radius 1 is 1.13 bits per heavy atom. The van der Waals surface area contributed by atoms with Gasteiger partial charge in [-0.1, -0.05) is 13.8 Å². The summed E-state index contributed by atoms with van der Waals surface area (Å²) in [4.78, 5) is 27.5. The second-order valence-corrected chi connectivity index (χ2v) is 7.62.